The van der Waals surface area contributed by atoms with E-state index in [1.807, 2.05) is 55.5 Å². The number of hydrogen-bond donors (Lipinski definition) is 2. The topological polar surface area (TPSA) is 102 Å². The van der Waals surface area contributed by atoms with Crippen LogP contribution in [0.4, 0.5) is 11.4 Å². The standard InChI is InChI=1S/C30H28N2O5/c1-19-13-16-24(26(17-19)37-18-20-9-5-4-6-10-20)32(2)30(35)22-14-15-23(29(36-3)27(22)31)28(34)21-11-7-8-12-25(21)33/h4-17,33H,18,31H2,1-3H3. The number of benzene rings is 4. The number of aromatic hydroxyl groups is 1. The zero-order chi connectivity index (χ0) is 26.5. The first-order valence-electron chi connectivity index (χ1n) is 11.7. The molecular weight excluding hydrogens is 468 g/mol. The molecule has 0 radical (unpaired) electrons. The van der Waals surface area contributed by atoms with Crippen molar-refractivity contribution in [1.82, 2.24) is 0 Å². The molecule has 0 bridgehead atoms. The molecule has 0 aliphatic heterocycles. The van der Waals surface area contributed by atoms with Crippen molar-refractivity contribution < 1.29 is 24.2 Å². The van der Waals surface area contributed by atoms with Gasteiger partial charge < -0.3 is 25.2 Å². The van der Waals surface area contributed by atoms with Crippen molar-refractivity contribution in [1.29, 1.82) is 0 Å². The molecule has 0 spiro atoms. The van der Waals surface area contributed by atoms with E-state index in [0.717, 1.165) is 11.1 Å². The van der Waals surface area contributed by atoms with Crippen molar-refractivity contribution in [3.05, 3.63) is 113 Å². The maximum Gasteiger partial charge on any atom is 0.260 e. The first-order valence-corrected chi connectivity index (χ1v) is 11.7. The lowest BCUT2D eigenvalue weighted by Gasteiger charge is -2.23. The number of carbonyl (C=O) groups is 2. The monoisotopic (exact) mass is 496 g/mol. The zero-order valence-electron chi connectivity index (χ0n) is 20.9. The lowest BCUT2D eigenvalue weighted by molar-refractivity contribution is 0.0989. The third-order valence-corrected chi connectivity index (χ3v) is 6.04. The van der Waals surface area contributed by atoms with Gasteiger partial charge in [0, 0.05) is 7.05 Å². The number of rotatable bonds is 8. The minimum Gasteiger partial charge on any atom is -0.507 e. The highest BCUT2D eigenvalue weighted by Crippen LogP contribution is 2.36. The third-order valence-electron chi connectivity index (χ3n) is 6.04. The predicted octanol–water partition coefficient (Wildman–Crippen LogP) is 5.38. The van der Waals surface area contributed by atoms with Gasteiger partial charge in [-0.15, -0.1) is 0 Å². The molecule has 0 saturated heterocycles. The van der Waals surface area contributed by atoms with Gasteiger partial charge in [0.15, 0.2) is 5.75 Å². The molecule has 188 valence electrons. The summed E-state index contributed by atoms with van der Waals surface area (Å²) in [5.41, 5.74) is 9.35. The first kappa shape index (κ1) is 25.3. The Balaban J connectivity index is 1.65. The molecule has 0 aliphatic carbocycles. The van der Waals surface area contributed by atoms with Gasteiger partial charge in [0.05, 0.1) is 35.2 Å². The number of aryl methyl sites for hydroxylation is 1. The van der Waals surface area contributed by atoms with Gasteiger partial charge in [-0.2, -0.15) is 0 Å². The predicted molar refractivity (Wildman–Crippen MR) is 144 cm³/mol. The van der Waals surface area contributed by atoms with E-state index in [1.54, 1.807) is 19.2 Å². The highest BCUT2D eigenvalue weighted by atomic mass is 16.5. The second-order valence-electron chi connectivity index (χ2n) is 8.56. The van der Waals surface area contributed by atoms with E-state index >= 15 is 0 Å². The molecule has 0 saturated carbocycles. The van der Waals surface area contributed by atoms with Crippen LogP contribution in [-0.2, 0) is 6.61 Å². The Morgan fingerprint density at radius 2 is 1.57 bits per heavy atom. The lowest BCUT2D eigenvalue weighted by Crippen LogP contribution is -2.28. The number of phenolic OH excluding ortho intramolecular Hbond substituents is 1. The van der Waals surface area contributed by atoms with E-state index in [0.29, 0.717) is 18.0 Å². The summed E-state index contributed by atoms with van der Waals surface area (Å²) >= 11 is 0. The summed E-state index contributed by atoms with van der Waals surface area (Å²) in [6.07, 6.45) is 0. The maximum absolute atomic E-state index is 13.6. The van der Waals surface area contributed by atoms with E-state index in [4.69, 9.17) is 15.2 Å². The van der Waals surface area contributed by atoms with Crippen molar-refractivity contribution >= 4 is 23.1 Å². The number of hydrogen-bond acceptors (Lipinski definition) is 6. The largest absolute Gasteiger partial charge is 0.507 e. The van der Waals surface area contributed by atoms with Crippen LogP contribution in [-0.4, -0.2) is 31.0 Å². The maximum atomic E-state index is 13.6. The Morgan fingerprint density at radius 1 is 0.892 bits per heavy atom. The van der Waals surface area contributed by atoms with Crippen LogP contribution in [0.3, 0.4) is 0 Å². The van der Waals surface area contributed by atoms with Crippen LogP contribution in [0.1, 0.15) is 37.4 Å². The number of nitrogens with zero attached hydrogens (tertiary/aromatic N) is 1. The molecule has 0 heterocycles. The van der Waals surface area contributed by atoms with Crippen LogP contribution in [0.25, 0.3) is 0 Å². The summed E-state index contributed by atoms with van der Waals surface area (Å²) < 4.78 is 11.5. The highest BCUT2D eigenvalue weighted by Gasteiger charge is 2.26. The molecule has 0 atom stereocenters. The summed E-state index contributed by atoms with van der Waals surface area (Å²) in [5, 5.41) is 10.1. The summed E-state index contributed by atoms with van der Waals surface area (Å²) in [5.74, 6) is -0.404. The first-order chi connectivity index (χ1) is 17.8. The second kappa shape index (κ2) is 10.9. The number of nitrogen functional groups attached to an aromatic ring is 1. The number of nitrogens with two attached hydrogens (primary N) is 1. The number of methoxy groups -OCH3 is 1. The molecule has 7 nitrogen and oxygen atoms in total. The number of ether oxygens (including phenoxy) is 2. The van der Waals surface area contributed by atoms with E-state index in [9.17, 15) is 14.7 Å². The van der Waals surface area contributed by atoms with E-state index < -0.39 is 11.7 Å². The molecule has 1 amide bonds. The van der Waals surface area contributed by atoms with Crippen LogP contribution in [0.15, 0.2) is 84.9 Å². The van der Waals surface area contributed by atoms with Crippen molar-refractivity contribution in [3.8, 4) is 17.2 Å². The minimum absolute atomic E-state index is 0.0273. The summed E-state index contributed by atoms with van der Waals surface area (Å²) in [4.78, 5) is 28.1. The quantitative estimate of drug-likeness (QED) is 0.251. The fraction of sp³-hybridized carbons (Fsp3) is 0.133. The third kappa shape index (κ3) is 5.26. The normalized spacial score (nSPS) is 10.6. The van der Waals surface area contributed by atoms with Crippen LogP contribution < -0.4 is 20.1 Å². The Bertz CT molecular complexity index is 1450. The van der Waals surface area contributed by atoms with Gasteiger partial charge in [0.1, 0.15) is 18.1 Å². The number of phenols is 1. The molecular formula is C30H28N2O5. The number of anilines is 2. The Morgan fingerprint density at radius 3 is 2.27 bits per heavy atom. The average Bonchev–Trinajstić information content (AvgIpc) is 2.91. The highest BCUT2D eigenvalue weighted by molar-refractivity contribution is 6.16. The SMILES string of the molecule is COc1c(C(=O)c2ccccc2O)ccc(C(=O)N(C)c2ccc(C)cc2OCc2ccccc2)c1N. The Labute approximate surface area is 215 Å². The second-order valence-corrected chi connectivity index (χ2v) is 8.56. The molecule has 4 aromatic rings. The molecule has 7 heteroatoms. The van der Waals surface area contributed by atoms with Gasteiger partial charge in [0.2, 0.25) is 5.78 Å². The molecule has 4 aromatic carbocycles. The molecule has 4 rings (SSSR count). The van der Waals surface area contributed by atoms with Crippen LogP contribution in [0, 0.1) is 6.92 Å². The van der Waals surface area contributed by atoms with Crippen LogP contribution in [0.5, 0.6) is 17.2 Å². The molecule has 0 unspecified atom stereocenters. The molecule has 0 aromatic heterocycles. The Kier molecular flexibility index (Phi) is 7.44. The van der Waals surface area contributed by atoms with E-state index in [-0.39, 0.29) is 33.9 Å². The van der Waals surface area contributed by atoms with E-state index in [1.165, 1.54) is 36.3 Å². The lowest BCUT2D eigenvalue weighted by atomic mass is 9.98. The van der Waals surface area contributed by atoms with Crippen molar-refractivity contribution in [2.24, 2.45) is 0 Å². The fourth-order valence-electron chi connectivity index (χ4n) is 4.03. The molecule has 3 N–H and O–H groups in total. The van der Waals surface area contributed by atoms with Crippen molar-refractivity contribution in [2.75, 3.05) is 24.8 Å². The minimum atomic E-state index is -0.468. The van der Waals surface area contributed by atoms with Crippen molar-refractivity contribution in [2.45, 2.75) is 13.5 Å². The van der Waals surface area contributed by atoms with Gasteiger partial charge in [-0.1, -0.05) is 48.5 Å². The molecule has 0 fully saturated rings. The summed E-state index contributed by atoms with van der Waals surface area (Å²) in [7, 11) is 3.01. The van der Waals surface area contributed by atoms with Crippen molar-refractivity contribution in [3.63, 3.8) is 0 Å². The molecule has 37 heavy (non-hydrogen) atoms. The van der Waals surface area contributed by atoms with Gasteiger partial charge >= 0.3 is 0 Å². The summed E-state index contributed by atoms with van der Waals surface area (Å²) in [6.45, 7) is 2.29. The fourth-order valence-corrected chi connectivity index (χ4v) is 4.03. The molecule has 0 aliphatic rings. The van der Waals surface area contributed by atoms with E-state index in [2.05, 4.69) is 0 Å². The van der Waals surface area contributed by atoms with Gasteiger partial charge in [0.25, 0.3) is 5.91 Å². The average molecular weight is 497 g/mol. The number of para-hydroxylation sites is 1. The zero-order valence-corrected chi connectivity index (χ0v) is 20.9. The van der Waals surface area contributed by atoms with Gasteiger partial charge in [-0.05, 0) is 54.4 Å². The smallest absolute Gasteiger partial charge is 0.260 e. The van der Waals surface area contributed by atoms with Gasteiger partial charge in [-0.3, -0.25) is 9.59 Å². The van der Waals surface area contributed by atoms with Crippen LogP contribution in [0.2, 0.25) is 0 Å². The van der Waals surface area contributed by atoms with Crippen LogP contribution >= 0.6 is 0 Å². The number of ketones is 1. The Hall–Kier alpha value is -4.78. The number of amides is 1. The number of carbonyl (C=O) groups excluding carboxylic acids is 2. The van der Waals surface area contributed by atoms with Gasteiger partial charge in [-0.25, -0.2) is 0 Å². The summed E-state index contributed by atoms with van der Waals surface area (Å²) in [6, 6.07) is 24.5.